The summed E-state index contributed by atoms with van der Waals surface area (Å²) in [5.41, 5.74) is -0.206. The van der Waals surface area contributed by atoms with Crippen LogP contribution in [0.5, 0.6) is 0 Å². The molecule has 2 heterocycles. The molecule has 5 rings (SSSR count). The molecule has 1 aromatic heterocycles. The molecule has 8 nitrogen and oxygen atoms in total. The molecule has 0 aliphatic carbocycles. The van der Waals surface area contributed by atoms with Crippen LogP contribution in [0.3, 0.4) is 0 Å². The highest BCUT2D eigenvalue weighted by Crippen LogP contribution is 2.34. The van der Waals surface area contributed by atoms with Gasteiger partial charge in [0.25, 0.3) is 10.9 Å². The van der Waals surface area contributed by atoms with Crippen molar-refractivity contribution in [1.29, 1.82) is 0 Å². The summed E-state index contributed by atoms with van der Waals surface area (Å²) < 4.78 is 13.9. The molecule has 0 unspecified atom stereocenters. The van der Waals surface area contributed by atoms with Gasteiger partial charge in [-0.05, 0) is 81.8 Å². The van der Waals surface area contributed by atoms with Gasteiger partial charge in [-0.1, -0.05) is 18.2 Å². The standard InChI is InChI=1S/C30H31FN4O4/c1-16-13-20-9-10-21(31)14-23(20)28(32-16)33-22-11-7-19(8-12-22)15-30(4,29(38)39)34-24-25(27(37)26(24)36)35-17(2)5-6-18(35)3/h7-14,17-18,34H,5-6,15H2,1-4H3,(H,32,33)(H,38,39)/t17-,18+,30-/m0/s1. The zero-order valence-corrected chi connectivity index (χ0v) is 22.3. The predicted molar refractivity (Wildman–Crippen MR) is 152 cm³/mol. The van der Waals surface area contributed by atoms with E-state index in [2.05, 4.69) is 15.6 Å². The molecule has 1 fully saturated rings. The molecular formula is C30H31FN4O4. The zero-order chi connectivity index (χ0) is 28.1. The first-order valence-corrected chi connectivity index (χ1v) is 13.0. The number of aryl methyl sites for hydroxylation is 1. The maximum Gasteiger partial charge on any atom is 0.329 e. The van der Waals surface area contributed by atoms with Gasteiger partial charge in [0, 0.05) is 35.3 Å². The van der Waals surface area contributed by atoms with Crippen LogP contribution in [0.25, 0.3) is 10.8 Å². The Morgan fingerprint density at radius 2 is 1.74 bits per heavy atom. The second-order valence-corrected chi connectivity index (χ2v) is 10.8. The number of hydrogen-bond donors (Lipinski definition) is 3. The van der Waals surface area contributed by atoms with Crippen molar-refractivity contribution in [3.8, 4) is 0 Å². The molecule has 1 aliphatic heterocycles. The molecule has 9 heteroatoms. The number of hydrogen-bond acceptors (Lipinski definition) is 7. The maximum absolute atomic E-state index is 13.9. The van der Waals surface area contributed by atoms with Crippen molar-refractivity contribution in [2.45, 2.75) is 64.6 Å². The number of nitrogens with zero attached hydrogens (tertiary/aromatic N) is 2. The van der Waals surface area contributed by atoms with Crippen LogP contribution in [0, 0.1) is 12.7 Å². The number of pyridine rings is 1. The van der Waals surface area contributed by atoms with Crippen molar-refractivity contribution >= 4 is 39.6 Å². The van der Waals surface area contributed by atoms with Crippen LogP contribution in [0.15, 0.2) is 58.1 Å². The number of carboxylic acids is 1. The minimum absolute atomic E-state index is 0.0722. The van der Waals surface area contributed by atoms with E-state index in [1.54, 1.807) is 30.3 Å². The Bertz CT molecular complexity index is 1630. The van der Waals surface area contributed by atoms with E-state index < -0.39 is 22.4 Å². The fourth-order valence-corrected chi connectivity index (χ4v) is 5.53. The summed E-state index contributed by atoms with van der Waals surface area (Å²) >= 11 is 0. The van der Waals surface area contributed by atoms with Crippen LogP contribution in [-0.4, -0.2) is 33.7 Å². The Labute approximate surface area is 225 Å². The largest absolute Gasteiger partial charge is 0.480 e. The van der Waals surface area contributed by atoms with Gasteiger partial charge in [-0.3, -0.25) is 9.59 Å². The molecule has 0 saturated carbocycles. The van der Waals surface area contributed by atoms with E-state index in [1.807, 2.05) is 31.7 Å². The normalized spacial score (nSPS) is 18.8. The summed E-state index contributed by atoms with van der Waals surface area (Å²) in [5, 5.41) is 17.8. The second kappa shape index (κ2) is 9.80. The van der Waals surface area contributed by atoms with E-state index in [0.717, 1.165) is 23.9 Å². The van der Waals surface area contributed by atoms with Gasteiger partial charge in [0.05, 0.1) is 0 Å². The summed E-state index contributed by atoms with van der Waals surface area (Å²) in [6.45, 7) is 7.38. The number of carboxylic acid groups (broad SMARTS) is 1. The lowest BCUT2D eigenvalue weighted by atomic mass is 9.91. The van der Waals surface area contributed by atoms with Crippen molar-refractivity contribution in [3.05, 3.63) is 86.1 Å². The predicted octanol–water partition coefficient (Wildman–Crippen LogP) is 4.90. The lowest BCUT2D eigenvalue weighted by Crippen LogP contribution is -2.52. The monoisotopic (exact) mass is 530 g/mol. The fraction of sp³-hybridized carbons (Fsp3) is 0.333. The minimum atomic E-state index is -1.52. The highest BCUT2D eigenvalue weighted by molar-refractivity contribution is 5.93. The van der Waals surface area contributed by atoms with Crippen LogP contribution in [-0.2, 0) is 11.2 Å². The zero-order valence-electron chi connectivity index (χ0n) is 22.3. The summed E-state index contributed by atoms with van der Waals surface area (Å²) in [7, 11) is 0. The number of rotatable bonds is 8. The van der Waals surface area contributed by atoms with Crippen molar-refractivity contribution in [2.24, 2.45) is 0 Å². The third-order valence-electron chi connectivity index (χ3n) is 7.67. The number of aliphatic carboxylic acids is 1. The highest BCUT2D eigenvalue weighted by Gasteiger charge is 2.40. The molecule has 4 aromatic rings. The van der Waals surface area contributed by atoms with Crippen molar-refractivity contribution < 1.29 is 14.3 Å². The molecule has 3 N–H and O–H groups in total. The number of aromatic nitrogens is 1. The lowest BCUT2D eigenvalue weighted by Gasteiger charge is -2.34. The Hall–Kier alpha value is -4.27. The Balaban J connectivity index is 1.38. The van der Waals surface area contributed by atoms with Crippen LogP contribution in [0.2, 0.25) is 0 Å². The third kappa shape index (κ3) is 4.84. The van der Waals surface area contributed by atoms with E-state index in [1.165, 1.54) is 19.1 Å². The quantitative estimate of drug-likeness (QED) is 0.276. The second-order valence-electron chi connectivity index (χ2n) is 10.8. The topological polar surface area (TPSA) is 112 Å². The van der Waals surface area contributed by atoms with Crippen molar-refractivity contribution in [2.75, 3.05) is 15.5 Å². The fourth-order valence-electron chi connectivity index (χ4n) is 5.53. The molecule has 0 radical (unpaired) electrons. The molecule has 202 valence electrons. The average molecular weight is 531 g/mol. The SMILES string of the molecule is Cc1cc2ccc(F)cc2c(Nc2ccc(C[C@](C)(Nc3c(N4[C@H](C)CC[C@@H]4C)c(=O)c3=O)C(=O)O)cc2)n1. The van der Waals surface area contributed by atoms with Gasteiger partial charge >= 0.3 is 5.97 Å². The number of fused-ring (bicyclic) bond motifs is 1. The summed E-state index contributed by atoms with van der Waals surface area (Å²) in [6, 6.07) is 13.8. The molecule has 0 spiro atoms. The van der Waals surface area contributed by atoms with E-state index >= 15 is 0 Å². The van der Waals surface area contributed by atoms with Crippen molar-refractivity contribution in [1.82, 2.24) is 4.98 Å². The molecule has 39 heavy (non-hydrogen) atoms. The maximum atomic E-state index is 13.9. The Morgan fingerprint density at radius 3 is 2.38 bits per heavy atom. The van der Waals surface area contributed by atoms with E-state index in [9.17, 15) is 23.9 Å². The number of halogens is 1. The third-order valence-corrected chi connectivity index (χ3v) is 7.67. The first-order chi connectivity index (χ1) is 18.5. The van der Waals surface area contributed by atoms with Gasteiger partial charge in [0.2, 0.25) is 0 Å². The summed E-state index contributed by atoms with van der Waals surface area (Å²) in [6.07, 6.45) is 1.88. The first-order valence-electron chi connectivity index (χ1n) is 13.0. The highest BCUT2D eigenvalue weighted by atomic mass is 19.1. The number of benzene rings is 2. The van der Waals surface area contributed by atoms with Gasteiger partial charge in [-0.2, -0.15) is 0 Å². The number of carbonyl (C=O) groups is 1. The lowest BCUT2D eigenvalue weighted by molar-refractivity contribution is -0.141. The van der Waals surface area contributed by atoms with Crippen LogP contribution in [0.1, 0.15) is 44.9 Å². The van der Waals surface area contributed by atoms with E-state index in [0.29, 0.717) is 28.1 Å². The van der Waals surface area contributed by atoms with Crippen molar-refractivity contribution in [3.63, 3.8) is 0 Å². The number of nitrogens with one attached hydrogen (secondary N) is 2. The average Bonchev–Trinajstić information content (AvgIpc) is 3.22. The van der Waals surface area contributed by atoms with Gasteiger partial charge in [-0.25, -0.2) is 14.2 Å². The Kier molecular flexibility index (Phi) is 6.62. The van der Waals surface area contributed by atoms with Crippen LogP contribution < -0.4 is 26.4 Å². The minimum Gasteiger partial charge on any atom is -0.480 e. The molecule has 3 aromatic carbocycles. The Morgan fingerprint density at radius 1 is 1.08 bits per heavy atom. The van der Waals surface area contributed by atoms with Crippen LogP contribution >= 0.6 is 0 Å². The van der Waals surface area contributed by atoms with E-state index in [-0.39, 0.29) is 30.0 Å². The molecular weight excluding hydrogens is 499 g/mol. The molecule has 1 aliphatic rings. The summed E-state index contributed by atoms with van der Waals surface area (Å²) in [4.78, 5) is 43.9. The first kappa shape index (κ1) is 26.3. The summed E-state index contributed by atoms with van der Waals surface area (Å²) in [5.74, 6) is -0.971. The van der Waals surface area contributed by atoms with E-state index in [4.69, 9.17) is 0 Å². The van der Waals surface area contributed by atoms with Gasteiger partial charge < -0.3 is 20.6 Å². The molecule has 0 bridgehead atoms. The molecule has 0 amide bonds. The molecule has 1 saturated heterocycles. The van der Waals surface area contributed by atoms with Crippen LogP contribution in [0.4, 0.5) is 27.3 Å². The van der Waals surface area contributed by atoms with Gasteiger partial charge in [0.15, 0.2) is 0 Å². The van der Waals surface area contributed by atoms with Gasteiger partial charge in [0.1, 0.15) is 28.5 Å². The number of anilines is 4. The van der Waals surface area contributed by atoms with Gasteiger partial charge in [-0.15, -0.1) is 0 Å². The molecule has 3 atom stereocenters. The smallest absolute Gasteiger partial charge is 0.329 e.